The lowest BCUT2D eigenvalue weighted by Crippen LogP contribution is -2.41. The van der Waals surface area contributed by atoms with Crippen LogP contribution in [0.25, 0.3) is 10.9 Å². The second-order valence-electron chi connectivity index (χ2n) is 6.18. The van der Waals surface area contributed by atoms with E-state index >= 15 is 0 Å². The van der Waals surface area contributed by atoms with Crippen molar-refractivity contribution in [2.24, 2.45) is 0 Å². The van der Waals surface area contributed by atoms with Gasteiger partial charge in [-0.2, -0.15) is 0 Å². The van der Waals surface area contributed by atoms with Gasteiger partial charge in [0.25, 0.3) is 5.91 Å². The summed E-state index contributed by atoms with van der Waals surface area (Å²) in [6.07, 6.45) is 5.30. The van der Waals surface area contributed by atoms with Gasteiger partial charge in [-0.3, -0.25) is 4.79 Å². The molecule has 4 rings (SSSR count). The third-order valence-electron chi connectivity index (χ3n) is 4.53. The smallest absolute Gasteiger partial charge is 0.253 e. The fraction of sp³-hybridized carbons (Fsp3) is 0.263. The Kier molecular flexibility index (Phi) is 4.44. The number of likely N-dealkylation sites (tertiary alicyclic amines) is 1. The molecule has 1 aliphatic heterocycles. The van der Waals surface area contributed by atoms with Gasteiger partial charge >= 0.3 is 0 Å². The molecule has 25 heavy (non-hydrogen) atoms. The first-order chi connectivity index (χ1) is 12.2. The number of hydrogen-bond acceptors (Lipinski definition) is 3. The normalized spacial score (nSPS) is 15.5. The summed E-state index contributed by atoms with van der Waals surface area (Å²) in [6, 6.07) is 11.5. The summed E-state index contributed by atoms with van der Waals surface area (Å²) < 4.78 is 6.82. The Bertz CT molecular complexity index is 900. The van der Waals surface area contributed by atoms with Gasteiger partial charge in [0.15, 0.2) is 0 Å². The van der Waals surface area contributed by atoms with Crippen molar-refractivity contribution in [3.8, 4) is 5.88 Å². The van der Waals surface area contributed by atoms with Crippen molar-refractivity contribution < 1.29 is 9.53 Å². The van der Waals surface area contributed by atoms with Crippen LogP contribution < -0.4 is 4.74 Å². The Morgan fingerprint density at radius 1 is 1.24 bits per heavy atom. The number of pyridine rings is 1. The molecule has 128 valence electrons. The number of fused-ring (bicyclic) bond motifs is 1. The highest BCUT2D eigenvalue weighted by molar-refractivity contribution is 9.10. The van der Waals surface area contributed by atoms with E-state index in [1.54, 1.807) is 6.20 Å². The summed E-state index contributed by atoms with van der Waals surface area (Å²) in [5.74, 6) is 0.700. The van der Waals surface area contributed by atoms with Gasteiger partial charge in [-0.1, -0.05) is 0 Å². The molecule has 0 aliphatic carbocycles. The highest BCUT2D eigenvalue weighted by atomic mass is 79.9. The van der Waals surface area contributed by atoms with Crippen LogP contribution in [-0.4, -0.2) is 40.0 Å². The van der Waals surface area contributed by atoms with Gasteiger partial charge < -0.3 is 14.6 Å². The van der Waals surface area contributed by atoms with E-state index in [0.717, 1.165) is 33.8 Å². The average Bonchev–Trinajstić information content (AvgIpc) is 3.11. The number of H-pyrrole nitrogens is 1. The lowest BCUT2D eigenvalue weighted by Gasteiger charge is -2.32. The Hall–Kier alpha value is -2.34. The molecule has 0 spiro atoms. The molecule has 6 heteroatoms. The number of nitrogens with one attached hydrogen (secondary N) is 1. The molecule has 1 aromatic carbocycles. The summed E-state index contributed by atoms with van der Waals surface area (Å²) in [7, 11) is 0. The zero-order valence-corrected chi connectivity index (χ0v) is 15.2. The van der Waals surface area contributed by atoms with Crippen molar-refractivity contribution in [3.05, 3.63) is 58.8 Å². The van der Waals surface area contributed by atoms with E-state index < -0.39 is 0 Å². The van der Waals surface area contributed by atoms with E-state index in [0.29, 0.717) is 19.0 Å². The van der Waals surface area contributed by atoms with Crippen LogP contribution in [-0.2, 0) is 0 Å². The number of carbonyl (C=O) groups excluding carboxylic acids is 1. The molecular weight excluding hydrogens is 382 g/mol. The predicted molar refractivity (Wildman–Crippen MR) is 99.8 cm³/mol. The van der Waals surface area contributed by atoms with Gasteiger partial charge in [0.05, 0.1) is 4.47 Å². The van der Waals surface area contributed by atoms with Gasteiger partial charge in [-0.25, -0.2) is 4.98 Å². The van der Waals surface area contributed by atoms with Crippen LogP contribution in [0.15, 0.2) is 53.3 Å². The maximum absolute atomic E-state index is 12.7. The van der Waals surface area contributed by atoms with Crippen LogP contribution in [0, 0.1) is 0 Å². The van der Waals surface area contributed by atoms with Crippen LogP contribution in [0.4, 0.5) is 0 Å². The summed E-state index contributed by atoms with van der Waals surface area (Å²) in [6.45, 7) is 1.39. The number of amides is 1. The van der Waals surface area contributed by atoms with E-state index in [2.05, 4.69) is 25.9 Å². The van der Waals surface area contributed by atoms with Crippen LogP contribution in [0.5, 0.6) is 5.88 Å². The molecular formula is C19H18BrN3O2. The second kappa shape index (κ2) is 6.88. The lowest BCUT2D eigenvalue weighted by atomic mass is 10.1. The average molecular weight is 400 g/mol. The Balaban J connectivity index is 1.39. The van der Waals surface area contributed by atoms with E-state index in [1.165, 1.54) is 0 Å². The van der Waals surface area contributed by atoms with E-state index in [1.807, 2.05) is 47.5 Å². The van der Waals surface area contributed by atoms with E-state index in [4.69, 9.17) is 4.74 Å². The number of aromatic amines is 1. The first-order valence-corrected chi connectivity index (χ1v) is 9.13. The van der Waals surface area contributed by atoms with Crippen LogP contribution >= 0.6 is 15.9 Å². The fourth-order valence-electron chi connectivity index (χ4n) is 3.16. The minimum Gasteiger partial charge on any atom is -0.473 e. The van der Waals surface area contributed by atoms with Gasteiger partial charge in [0, 0.05) is 54.8 Å². The van der Waals surface area contributed by atoms with Gasteiger partial charge in [0.2, 0.25) is 5.88 Å². The Labute approximate surface area is 154 Å². The number of benzene rings is 1. The number of piperidine rings is 1. The third-order valence-corrected chi connectivity index (χ3v) is 5.14. The summed E-state index contributed by atoms with van der Waals surface area (Å²) in [5, 5.41) is 1.06. The van der Waals surface area contributed by atoms with Crippen LogP contribution in [0.3, 0.4) is 0 Å². The molecule has 3 heterocycles. The highest BCUT2D eigenvalue weighted by Crippen LogP contribution is 2.25. The van der Waals surface area contributed by atoms with Crippen molar-refractivity contribution >= 4 is 32.7 Å². The number of carbonyl (C=O) groups is 1. The molecule has 1 amide bonds. The maximum atomic E-state index is 12.7. The minimum absolute atomic E-state index is 0.0839. The van der Waals surface area contributed by atoms with Gasteiger partial charge in [-0.15, -0.1) is 0 Å². The molecule has 3 aromatic rings. The molecule has 2 aromatic heterocycles. The van der Waals surface area contributed by atoms with E-state index in [9.17, 15) is 4.79 Å². The zero-order valence-electron chi connectivity index (χ0n) is 13.6. The van der Waals surface area contributed by atoms with E-state index in [-0.39, 0.29) is 12.0 Å². The quantitative estimate of drug-likeness (QED) is 0.723. The second-order valence-corrected chi connectivity index (χ2v) is 7.03. The van der Waals surface area contributed by atoms with Crippen LogP contribution in [0.1, 0.15) is 23.2 Å². The highest BCUT2D eigenvalue weighted by Gasteiger charge is 2.25. The predicted octanol–water partition coefficient (Wildman–Crippen LogP) is 4.01. The molecule has 1 N–H and O–H groups in total. The molecule has 1 fully saturated rings. The lowest BCUT2D eigenvalue weighted by molar-refractivity contribution is 0.0586. The molecule has 0 unspecified atom stereocenters. The fourth-order valence-corrected chi connectivity index (χ4v) is 3.51. The van der Waals surface area contributed by atoms with Crippen molar-refractivity contribution in [2.75, 3.05) is 13.1 Å². The molecule has 0 bridgehead atoms. The number of rotatable bonds is 3. The molecule has 0 atom stereocenters. The van der Waals surface area contributed by atoms with Gasteiger partial charge in [0.1, 0.15) is 6.10 Å². The van der Waals surface area contributed by atoms with Crippen LogP contribution in [0.2, 0.25) is 0 Å². The minimum atomic E-state index is 0.0839. The third kappa shape index (κ3) is 3.39. The van der Waals surface area contributed by atoms with Crippen molar-refractivity contribution in [1.29, 1.82) is 0 Å². The van der Waals surface area contributed by atoms with Gasteiger partial charge in [-0.05, 0) is 52.3 Å². The first-order valence-electron chi connectivity index (χ1n) is 8.34. The monoisotopic (exact) mass is 399 g/mol. The number of nitrogens with zero attached hydrogens (tertiary/aromatic N) is 2. The molecule has 0 radical (unpaired) electrons. The SMILES string of the molecule is O=C(c1ccc2[nH]ccc2c1)N1CCC(Oc2ncccc2Br)CC1. The topological polar surface area (TPSA) is 58.2 Å². The zero-order chi connectivity index (χ0) is 17.2. The Morgan fingerprint density at radius 2 is 2.08 bits per heavy atom. The summed E-state index contributed by atoms with van der Waals surface area (Å²) in [4.78, 5) is 22.0. The number of halogens is 1. The summed E-state index contributed by atoms with van der Waals surface area (Å²) >= 11 is 3.45. The molecule has 1 saturated heterocycles. The molecule has 0 saturated carbocycles. The summed E-state index contributed by atoms with van der Waals surface area (Å²) in [5.41, 5.74) is 1.78. The van der Waals surface area contributed by atoms with Crippen molar-refractivity contribution in [1.82, 2.24) is 14.9 Å². The van der Waals surface area contributed by atoms with Crippen molar-refractivity contribution in [3.63, 3.8) is 0 Å². The molecule has 1 aliphatic rings. The number of hydrogen-bond donors (Lipinski definition) is 1. The van der Waals surface area contributed by atoms with Crippen molar-refractivity contribution in [2.45, 2.75) is 18.9 Å². The largest absolute Gasteiger partial charge is 0.473 e. The molecule has 5 nitrogen and oxygen atoms in total. The Morgan fingerprint density at radius 3 is 2.88 bits per heavy atom. The first kappa shape index (κ1) is 16.1. The maximum Gasteiger partial charge on any atom is 0.253 e. The standard InChI is InChI=1S/C19H18BrN3O2/c20-16-2-1-8-22-18(16)25-15-6-10-23(11-7-15)19(24)14-3-4-17-13(12-14)5-9-21-17/h1-5,8-9,12,15,21H,6-7,10-11H2. The number of ether oxygens (including phenoxy) is 1. The number of aromatic nitrogens is 2.